The highest BCUT2D eigenvalue weighted by atomic mass is 79.9. The first kappa shape index (κ1) is 13.5. The number of halogens is 2. The van der Waals surface area contributed by atoms with Gasteiger partial charge in [-0.1, -0.05) is 24.9 Å². The number of carbonyl (C=O) groups is 2. The molecule has 2 heterocycles. The lowest BCUT2D eigenvalue weighted by Crippen LogP contribution is -2.32. The molecule has 1 atom stereocenters. The van der Waals surface area contributed by atoms with Gasteiger partial charge >= 0.3 is 0 Å². The fourth-order valence-corrected chi connectivity index (χ4v) is 2.48. The molecule has 1 unspecified atom stereocenters. The number of hydrogen-bond acceptors (Lipinski definition) is 3. The van der Waals surface area contributed by atoms with E-state index in [-0.39, 0.29) is 28.4 Å². The van der Waals surface area contributed by atoms with Gasteiger partial charge in [0, 0.05) is 23.6 Å². The summed E-state index contributed by atoms with van der Waals surface area (Å²) in [5.74, 6) is -0.252. The normalized spacial score (nSPS) is 19.4. The molecule has 2 amide bonds. The van der Waals surface area contributed by atoms with Crippen molar-refractivity contribution in [2.75, 3.05) is 6.54 Å². The van der Waals surface area contributed by atoms with Gasteiger partial charge in [-0.05, 0) is 27.9 Å². The highest BCUT2D eigenvalue weighted by molar-refractivity contribution is 9.10. The molecule has 96 valence electrons. The average molecular weight is 332 g/mol. The van der Waals surface area contributed by atoms with Gasteiger partial charge in [0.05, 0.1) is 5.56 Å². The summed E-state index contributed by atoms with van der Waals surface area (Å²) >= 11 is 9.13. The van der Waals surface area contributed by atoms with Crippen LogP contribution >= 0.6 is 27.5 Å². The van der Waals surface area contributed by atoms with Crippen molar-refractivity contribution in [3.05, 3.63) is 27.5 Å². The van der Waals surface area contributed by atoms with Gasteiger partial charge in [0.15, 0.2) is 0 Å². The van der Waals surface area contributed by atoms with Crippen LogP contribution in [0.2, 0.25) is 5.15 Å². The van der Waals surface area contributed by atoms with E-state index < -0.39 is 0 Å². The first-order valence-corrected chi connectivity index (χ1v) is 6.85. The molecule has 0 aliphatic carbocycles. The number of nitrogens with zero attached hydrogens (tertiary/aromatic N) is 2. The summed E-state index contributed by atoms with van der Waals surface area (Å²) in [6.45, 7) is 2.48. The minimum Gasteiger partial charge on any atom is -0.278 e. The predicted octanol–water partition coefficient (Wildman–Crippen LogP) is 2.90. The average Bonchev–Trinajstić information content (AvgIpc) is 2.73. The van der Waals surface area contributed by atoms with Gasteiger partial charge in [-0.2, -0.15) is 0 Å². The molecule has 0 N–H and O–H groups in total. The number of amides is 2. The van der Waals surface area contributed by atoms with Crippen molar-refractivity contribution >= 4 is 39.3 Å². The summed E-state index contributed by atoms with van der Waals surface area (Å²) in [7, 11) is 0. The van der Waals surface area contributed by atoms with E-state index >= 15 is 0 Å². The number of carbonyl (C=O) groups excluding carboxylic acids is 2. The number of aromatic nitrogens is 1. The monoisotopic (exact) mass is 330 g/mol. The molecule has 1 aromatic heterocycles. The van der Waals surface area contributed by atoms with Crippen molar-refractivity contribution in [1.29, 1.82) is 0 Å². The highest BCUT2D eigenvalue weighted by Crippen LogP contribution is 2.25. The summed E-state index contributed by atoms with van der Waals surface area (Å²) in [6, 6.07) is 1.59. The van der Waals surface area contributed by atoms with E-state index in [2.05, 4.69) is 20.9 Å². The van der Waals surface area contributed by atoms with E-state index in [1.165, 1.54) is 11.1 Å². The molecule has 6 heteroatoms. The third kappa shape index (κ3) is 2.57. The van der Waals surface area contributed by atoms with Gasteiger partial charge in [-0.25, -0.2) is 4.98 Å². The molecule has 2 rings (SSSR count). The number of pyridine rings is 1. The van der Waals surface area contributed by atoms with Gasteiger partial charge in [-0.15, -0.1) is 0 Å². The summed E-state index contributed by atoms with van der Waals surface area (Å²) in [5.41, 5.74) is 0.260. The molecule has 0 spiro atoms. The van der Waals surface area contributed by atoms with Crippen molar-refractivity contribution in [3.8, 4) is 0 Å². The SMILES string of the molecule is CCC1CC(=O)N(C(=O)c2cc(Br)cnc2Cl)C1. The Morgan fingerprint density at radius 2 is 2.39 bits per heavy atom. The Kier molecular flexibility index (Phi) is 4.02. The van der Waals surface area contributed by atoms with E-state index in [0.29, 0.717) is 17.4 Å². The van der Waals surface area contributed by atoms with Crippen LogP contribution < -0.4 is 0 Å². The topological polar surface area (TPSA) is 50.3 Å². The number of hydrogen-bond donors (Lipinski definition) is 0. The van der Waals surface area contributed by atoms with Crippen LogP contribution in [0.15, 0.2) is 16.7 Å². The molecule has 1 aliphatic rings. The molecule has 1 aromatic rings. The van der Waals surface area contributed by atoms with Gasteiger partial charge in [0.25, 0.3) is 5.91 Å². The Morgan fingerprint density at radius 1 is 1.67 bits per heavy atom. The quantitative estimate of drug-likeness (QED) is 0.618. The minimum absolute atomic E-state index is 0.121. The number of rotatable bonds is 2. The molecular formula is C12H12BrClN2O2. The molecule has 0 radical (unpaired) electrons. The molecule has 0 saturated carbocycles. The third-order valence-corrected chi connectivity index (χ3v) is 3.80. The lowest BCUT2D eigenvalue weighted by molar-refractivity contribution is -0.125. The molecular weight excluding hydrogens is 320 g/mol. The van der Waals surface area contributed by atoms with Crippen molar-refractivity contribution in [3.63, 3.8) is 0 Å². The van der Waals surface area contributed by atoms with Gasteiger partial charge in [0.1, 0.15) is 5.15 Å². The van der Waals surface area contributed by atoms with Gasteiger partial charge in [-0.3, -0.25) is 14.5 Å². The van der Waals surface area contributed by atoms with Crippen molar-refractivity contribution in [1.82, 2.24) is 9.88 Å². The van der Waals surface area contributed by atoms with Crippen LogP contribution in [0.5, 0.6) is 0 Å². The smallest absolute Gasteiger partial charge is 0.263 e. The van der Waals surface area contributed by atoms with E-state index in [0.717, 1.165) is 6.42 Å². The summed E-state index contributed by atoms with van der Waals surface area (Å²) in [4.78, 5) is 29.2. The molecule has 1 fully saturated rings. The van der Waals surface area contributed by atoms with E-state index in [4.69, 9.17) is 11.6 Å². The van der Waals surface area contributed by atoms with Crippen molar-refractivity contribution in [2.45, 2.75) is 19.8 Å². The van der Waals surface area contributed by atoms with Crippen LogP contribution in [0.3, 0.4) is 0 Å². The van der Waals surface area contributed by atoms with Gasteiger partial charge < -0.3 is 0 Å². The summed E-state index contributed by atoms with van der Waals surface area (Å²) < 4.78 is 0.661. The first-order chi connectivity index (χ1) is 8.52. The lowest BCUT2D eigenvalue weighted by Gasteiger charge is -2.15. The van der Waals surface area contributed by atoms with Crippen molar-refractivity contribution in [2.24, 2.45) is 5.92 Å². The van der Waals surface area contributed by atoms with E-state index in [9.17, 15) is 9.59 Å². The Hall–Kier alpha value is -0.940. The minimum atomic E-state index is -0.366. The standard InChI is InChI=1S/C12H12BrClN2O2/c1-2-7-3-10(17)16(6-7)12(18)9-4-8(13)5-15-11(9)14/h4-5,7H,2-3,6H2,1H3. The largest absolute Gasteiger partial charge is 0.278 e. The van der Waals surface area contributed by atoms with E-state index in [1.807, 2.05) is 6.92 Å². The Bertz CT molecular complexity index is 507. The Balaban J connectivity index is 2.26. The van der Waals surface area contributed by atoms with Crippen LogP contribution in [0.25, 0.3) is 0 Å². The van der Waals surface area contributed by atoms with Crippen LogP contribution in [0, 0.1) is 5.92 Å². The molecule has 1 saturated heterocycles. The van der Waals surface area contributed by atoms with Crippen LogP contribution in [0.1, 0.15) is 30.1 Å². The second kappa shape index (κ2) is 5.36. The Labute approximate surface area is 118 Å². The fraction of sp³-hybridized carbons (Fsp3) is 0.417. The van der Waals surface area contributed by atoms with Gasteiger partial charge in [0.2, 0.25) is 5.91 Å². The zero-order valence-corrected chi connectivity index (χ0v) is 12.2. The summed E-state index contributed by atoms with van der Waals surface area (Å²) in [6.07, 6.45) is 2.83. The van der Waals surface area contributed by atoms with Crippen LogP contribution in [0.4, 0.5) is 0 Å². The lowest BCUT2D eigenvalue weighted by atomic mass is 10.1. The maximum atomic E-state index is 12.3. The molecule has 0 aromatic carbocycles. The molecule has 18 heavy (non-hydrogen) atoms. The Morgan fingerprint density at radius 3 is 3.00 bits per heavy atom. The fourth-order valence-electron chi connectivity index (χ4n) is 1.97. The van der Waals surface area contributed by atoms with E-state index in [1.54, 1.807) is 6.07 Å². The number of imide groups is 1. The highest BCUT2D eigenvalue weighted by Gasteiger charge is 2.34. The van der Waals surface area contributed by atoms with Crippen molar-refractivity contribution < 1.29 is 9.59 Å². The third-order valence-electron chi connectivity index (χ3n) is 3.06. The summed E-state index contributed by atoms with van der Waals surface area (Å²) in [5, 5.41) is 0.121. The van der Waals surface area contributed by atoms with Crippen LogP contribution in [-0.4, -0.2) is 28.2 Å². The molecule has 1 aliphatic heterocycles. The zero-order valence-electron chi connectivity index (χ0n) is 9.82. The number of likely N-dealkylation sites (tertiary alicyclic amines) is 1. The maximum Gasteiger partial charge on any atom is 0.263 e. The molecule has 0 bridgehead atoms. The maximum absolute atomic E-state index is 12.3. The second-order valence-corrected chi connectivity index (χ2v) is 5.55. The second-order valence-electron chi connectivity index (χ2n) is 4.28. The predicted molar refractivity (Wildman–Crippen MR) is 71.4 cm³/mol. The first-order valence-electron chi connectivity index (χ1n) is 5.68. The zero-order chi connectivity index (χ0) is 13.3. The van der Waals surface area contributed by atoms with Crippen LogP contribution in [-0.2, 0) is 4.79 Å². The molecule has 4 nitrogen and oxygen atoms in total.